The molecule has 2 heterocycles. The van der Waals surface area contributed by atoms with Crippen molar-refractivity contribution < 1.29 is 23.5 Å². The Morgan fingerprint density at radius 1 is 1.10 bits per heavy atom. The molecule has 0 saturated heterocycles. The number of imide groups is 1. The van der Waals surface area contributed by atoms with Crippen LogP contribution in [0.5, 0.6) is 5.75 Å². The summed E-state index contributed by atoms with van der Waals surface area (Å²) in [5.41, 5.74) is 1.25. The monoisotopic (exact) mass is 392 g/mol. The van der Waals surface area contributed by atoms with Gasteiger partial charge in [-0.3, -0.25) is 19.3 Å². The molecule has 7 heteroatoms. The summed E-state index contributed by atoms with van der Waals surface area (Å²) in [6.45, 7) is 3.84. The number of carbonyl (C=O) groups excluding carboxylic acids is 3. The predicted molar refractivity (Wildman–Crippen MR) is 106 cm³/mol. The molecular formula is C22H20N2O5. The van der Waals surface area contributed by atoms with E-state index in [-0.39, 0.29) is 6.54 Å². The Morgan fingerprint density at radius 3 is 2.45 bits per heavy atom. The topological polar surface area (TPSA) is 88.9 Å². The number of para-hydroxylation sites is 1. The van der Waals surface area contributed by atoms with Gasteiger partial charge in [-0.2, -0.15) is 0 Å². The minimum atomic E-state index is -0.460. The second kappa shape index (κ2) is 7.43. The van der Waals surface area contributed by atoms with E-state index >= 15 is 0 Å². The molecule has 0 saturated carbocycles. The average molecular weight is 392 g/mol. The summed E-state index contributed by atoms with van der Waals surface area (Å²) in [5.74, 6) is -0.168. The lowest BCUT2D eigenvalue weighted by molar-refractivity contribution is -0.122. The molecule has 0 radical (unpaired) electrons. The van der Waals surface area contributed by atoms with Crippen LogP contribution in [-0.2, 0) is 4.79 Å². The van der Waals surface area contributed by atoms with Crippen LogP contribution >= 0.6 is 0 Å². The number of ether oxygens (including phenoxy) is 1. The van der Waals surface area contributed by atoms with E-state index in [4.69, 9.17) is 9.15 Å². The van der Waals surface area contributed by atoms with Crippen LogP contribution in [0, 0.1) is 0 Å². The summed E-state index contributed by atoms with van der Waals surface area (Å²) < 4.78 is 11.5. The number of furan rings is 1. The molecule has 0 spiro atoms. The quantitative estimate of drug-likeness (QED) is 0.650. The van der Waals surface area contributed by atoms with Crippen LogP contribution < -0.4 is 10.1 Å². The van der Waals surface area contributed by atoms with Crippen molar-refractivity contribution in [3.05, 3.63) is 65.4 Å². The largest absolute Gasteiger partial charge is 0.490 e. The summed E-state index contributed by atoms with van der Waals surface area (Å²) in [6.07, 6.45) is 0. The van der Waals surface area contributed by atoms with Gasteiger partial charge in [0.25, 0.3) is 11.8 Å². The fraction of sp³-hybridized carbons (Fsp3) is 0.227. The highest BCUT2D eigenvalue weighted by molar-refractivity contribution is 6.22. The Balaban J connectivity index is 1.47. The molecule has 4 rings (SSSR count). The van der Waals surface area contributed by atoms with Crippen molar-refractivity contribution in [2.75, 3.05) is 13.2 Å². The van der Waals surface area contributed by atoms with Crippen molar-refractivity contribution >= 4 is 28.7 Å². The molecule has 1 atom stereocenters. The number of hydrogen-bond donors (Lipinski definition) is 1. The van der Waals surface area contributed by atoms with Crippen LogP contribution in [0.1, 0.15) is 46.4 Å². The average Bonchev–Trinajstić information content (AvgIpc) is 3.25. The first-order valence-electron chi connectivity index (χ1n) is 9.39. The van der Waals surface area contributed by atoms with Crippen LogP contribution in [0.4, 0.5) is 0 Å². The van der Waals surface area contributed by atoms with Crippen molar-refractivity contribution in [2.24, 2.45) is 0 Å². The zero-order chi connectivity index (χ0) is 20.5. The maximum Gasteiger partial charge on any atom is 0.262 e. The van der Waals surface area contributed by atoms with Crippen LogP contribution in [0.3, 0.4) is 0 Å². The van der Waals surface area contributed by atoms with E-state index in [9.17, 15) is 14.4 Å². The van der Waals surface area contributed by atoms with E-state index in [1.165, 1.54) is 0 Å². The van der Waals surface area contributed by atoms with Crippen molar-refractivity contribution in [1.82, 2.24) is 10.2 Å². The van der Waals surface area contributed by atoms with Crippen LogP contribution in [0.15, 0.2) is 52.9 Å². The van der Waals surface area contributed by atoms with Gasteiger partial charge in [0.1, 0.15) is 12.3 Å². The smallest absolute Gasteiger partial charge is 0.262 e. The molecular weight excluding hydrogens is 372 g/mol. The Labute approximate surface area is 167 Å². The number of rotatable bonds is 6. The summed E-state index contributed by atoms with van der Waals surface area (Å²) in [7, 11) is 0. The van der Waals surface area contributed by atoms with Gasteiger partial charge in [0.05, 0.1) is 23.8 Å². The number of benzene rings is 2. The van der Waals surface area contributed by atoms with E-state index in [1.807, 2.05) is 31.2 Å². The summed E-state index contributed by atoms with van der Waals surface area (Å²) >= 11 is 0. The van der Waals surface area contributed by atoms with Crippen LogP contribution in [0.25, 0.3) is 11.0 Å². The Hall–Kier alpha value is -3.61. The molecule has 1 aromatic heterocycles. The first-order valence-corrected chi connectivity index (χ1v) is 9.39. The fourth-order valence-corrected chi connectivity index (χ4v) is 3.42. The van der Waals surface area contributed by atoms with Crippen molar-refractivity contribution in [2.45, 2.75) is 19.9 Å². The van der Waals surface area contributed by atoms with Gasteiger partial charge >= 0.3 is 0 Å². The number of hydrogen-bond acceptors (Lipinski definition) is 5. The highest BCUT2D eigenvalue weighted by Gasteiger charge is 2.36. The van der Waals surface area contributed by atoms with Crippen molar-refractivity contribution in [3.63, 3.8) is 0 Å². The summed E-state index contributed by atoms with van der Waals surface area (Å²) in [4.78, 5) is 38.3. The molecule has 7 nitrogen and oxygen atoms in total. The van der Waals surface area contributed by atoms with E-state index in [0.717, 1.165) is 10.3 Å². The maximum atomic E-state index is 12.5. The molecule has 0 aliphatic carbocycles. The third-order valence-corrected chi connectivity index (χ3v) is 4.81. The first-order chi connectivity index (χ1) is 14.0. The lowest BCUT2D eigenvalue weighted by atomic mass is 10.1. The second-order valence-corrected chi connectivity index (χ2v) is 6.79. The molecule has 1 aliphatic heterocycles. The maximum absolute atomic E-state index is 12.5. The number of carbonyl (C=O) groups is 3. The highest BCUT2D eigenvalue weighted by atomic mass is 16.5. The number of nitrogens with one attached hydrogen (secondary N) is 1. The lowest BCUT2D eigenvalue weighted by Crippen LogP contribution is -2.41. The fourth-order valence-electron chi connectivity index (χ4n) is 3.42. The lowest BCUT2D eigenvalue weighted by Gasteiger charge is -2.16. The zero-order valence-electron chi connectivity index (χ0n) is 16.1. The molecule has 3 aromatic rings. The van der Waals surface area contributed by atoms with Gasteiger partial charge in [0.15, 0.2) is 11.3 Å². The third kappa shape index (κ3) is 3.35. The Kier molecular flexibility index (Phi) is 4.80. The minimum Gasteiger partial charge on any atom is -0.490 e. The van der Waals surface area contributed by atoms with Crippen molar-refractivity contribution in [3.8, 4) is 5.75 Å². The standard InChI is InChI=1S/C22H20N2O5/c1-3-28-17-10-6-7-14-11-18(29-20(14)17)13(2)23-19(25)12-24-21(26)15-8-4-5-9-16(15)22(24)27/h4-11,13H,3,12H2,1-2H3,(H,23,25). The Morgan fingerprint density at radius 2 is 1.79 bits per heavy atom. The van der Waals surface area contributed by atoms with Gasteiger partial charge < -0.3 is 14.5 Å². The molecule has 148 valence electrons. The second-order valence-electron chi connectivity index (χ2n) is 6.79. The molecule has 29 heavy (non-hydrogen) atoms. The summed E-state index contributed by atoms with van der Waals surface area (Å²) in [6, 6.07) is 13.5. The van der Waals surface area contributed by atoms with E-state index in [0.29, 0.717) is 34.8 Å². The van der Waals surface area contributed by atoms with Gasteiger partial charge in [-0.05, 0) is 38.1 Å². The number of amides is 3. The van der Waals surface area contributed by atoms with Crippen LogP contribution in [0.2, 0.25) is 0 Å². The molecule has 0 bridgehead atoms. The van der Waals surface area contributed by atoms with Gasteiger partial charge in [0, 0.05) is 5.39 Å². The van der Waals surface area contributed by atoms with E-state index in [1.54, 1.807) is 31.2 Å². The SMILES string of the molecule is CCOc1cccc2cc(C(C)NC(=O)CN3C(=O)c4ccccc4C3=O)oc12. The van der Waals surface area contributed by atoms with E-state index < -0.39 is 23.8 Å². The molecule has 0 fully saturated rings. The van der Waals surface area contributed by atoms with Crippen LogP contribution in [-0.4, -0.2) is 35.8 Å². The van der Waals surface area contributed by atoms with Gasteiger partial charge in [-0.25, -0.2) is 0 Å². The van der Waals surface area contributed by atoms with Crippen molar-refractivity contribution in [1.29, 1.82) is 0 Å². The van der Waals surface area contributed by atoms with Gasteiger partial charge in [-0.15, -0.1) is 0 Å². The molecule has 2 aromatic carbocycles. The number of nitrogens with zero attached hydrogens (tertiary/aromatic N) is 1. The molecule has 1 N–H and O–H groups in total. The highest BCUT2D eigenvalue weighted by Crippen LogP contribution is 2.31. The van der Waals surface area contributed by atoms with Gasteiger partial charge in [0.2, 0.25) is 5.91 Å². The third-order valence-electron chi connectivity index (χ3n) is 4.81. The molecule has 3 amide bonds. The molecule has 1 aliphatic rings. The zero-order valence-corrected chi connectivity index (χ0v) is 16.1. The first kappa shape index (κ1) is 18.7. The summed E-state index contributed by atoms with van der Waals surface area (Å²) in [5, 5.41) is 3.65. The predicted octanol–water partition coefficient (Wildman–Crippen LogP) is 3.30. The van der Waals surface area contributed by atoms with E-state index in [2.05, 4.69) is 5.32 Å². The van der Waals surface area contributed by atoms with Gasteiger partial charge in [-0.1, -0.05) is 24.3 Å². The number of fused-ring (bicyclic) bond motifs is 2. The molecule has 1 unspecified atom stereocenters. The Bertz CT molecular complexity index is 1080. The minimum absolute atomic E-state index is 0.319. The normalized spacial score (nSPS) is 14.2.